The Labute approximate surface area is 126 Å². The van der Waals surface area contributed by atoms with Crippen LogP contribution in [0.3, 0.4) is 0 Å². The van der Waals surface area contributed by atoms with Crippen molar-refractivity contribution in [1.82, 2.24) is 14.5 Å². The van der Waals surface area contributed by atoms with Crippen LogP contribution in [0.4, 0.5) is 5.95 Å². The first kappa shape index (κ1) is 14.5. The van der Waals surface area contributed by atoms with E-state index in [1.165, 1.54) is 0 Å². The summed E-state index contributed by atoms with van der Waals surface area (Å²) >= 11 is 2.28. The molecule has 0 saturated carbocycles. The molecule has 0 spiro atoms. The van der Waals surface area contributed by atoms with Gasteiger partial charge < -0.3 is 19.9 Å². The molecule has 0 aliphatic rings. The van der Waals surface area contributed by atoms with Gasteiger partial charge in [0.15, 0.2) is 0 Å². The van der Waals surface area contributed by atoms with Gasteiger partial charge in [-0.2, -0.15) is 0 Å². The second-order valence-corrected chi connectivity index (χ2v) is 5.92. The fourth-order valence-corrected chi connectivity index (χ4v) is 2.34. The molecule has 2 rings (SSSR count). The molecule has 1 aromatic carbocycles. The number of nitrogens with two attached hydrogens (primary N) is 1. The fraction of sp³-hybridized carbons (Fsp3) is 0.462. The standard InChI is InChI=1S/C13H19IN4O/c1-17(2)5-7-19-8-6-18-12-4-3-10(14)9-11(12)16-13(18)15/h3-4,9H,5-8H2,1-2H3,(H2,15,16). The number of imidazole rings is 1. The van der Waals surface area contributed by atoms with Crippen molar-refractivity contribution in [2.45, 2.75) is 6.54 Å². The molecule has 0 fully saturated rings. The van der Waals surface area contributed by atoms with Crippen LogP contribution in [0.2, 0.25) is 0 Å². The number of likely N-dealkylation sites (N-methyl/N-ethyl adjacent to an activating group) is 1. The highest BCUT2D eigenvalue weighted by Crippen LogP contribution is 2.20. The number of aromatic nitrogens is 2. The van der Waals surface area contributed by atoms with Crippen LogP contribution in [0.5, 0.6) is 0 Å². The van der Waals surface area contributed by atoms with Gasteiger partial charge in [-0.1, -0.05) is 0 Å². The summed E-state index contributed by atoms with van der Waals surface area (Å²) in [6.45, 7) is 3.04. The van der Waals surface area contributed by atoms with Gasteiger partial charge >= 0.3 is 0 Å². The molecule has 0 saturated heterocycles. The van der Waals surface area contributed by atoms with E-state index in [0.29, 0.717) is 12.6 Å². The maximum absolute atomic E-state index is 5.95. The van der Waals surface area contributed by atoms with Crippen molar-refractivity contribution in [2.75, 3.05) is 39.6 Å². The molecule has 0 amide bonds. The van der Waals surface area contributed by atoms with Gasteiger partial charge in [0, 0.05) is 16.7 Å². The largest absolute Gasteiger partial charge is 0.378 e. The highest BCUT2D eigenvalue weighted by molar-refractivity contribution is 14.1. The summed E-state index contributed by atoms with van der Waals surface area (Å²) in [5.41, 5.74) is 7.96. The SMILES string of the molecule is CN(C)CCOCCn1c(N)nc2cc(I)ccc21. The Morgan fingerprint density at radius 3 is 2.89 bits per heavy atom. The lowest BCUT2D eigenvalue weighted by atomic mass is 10.3. The highest BCUT2D eigenvalue weighted by Gasteiger charge is 2.07. The first-order valence-corrected chi connectivity index (χ1v) is 7.29. The van der Waals surface area contributed by atoms with Crippen LogP contribution in [-0.4, -0.2) is 48.3 Å². The third-order valence-electron chi connectivity index (χ3n) is 2.88. The quantitative estimate of drug-likeness (QED) is 0.619. The van der Waals surface area contributed by atoms with Crippen molar-refractivity contribution in [3.05, 3.63) is 21.8 Å². The van der Waals surface area contributed by atoms with E-state index in [0.717, 1.165) is 34.3 Å². The second-order valence-electron chi connectivity index (χ2n) is 4.67. The fourth-order valence-electron chi connectivity index (χ4n) is 1.86. The zero-order valence-electron chi connectivity index (χ0n) is 11.3. The van der Waals surface area contributed by atoms with E-state index in [1.807, 2.05) is 24.7 Å². The minimum atomic E-state index is 0.549. The van der Waals surface area contributed by atoms with Crippen LogP contribution in [0.1, 0.15) is 0 Å². The monoisotopic (exact) mass is 374 g/mol. The van der Waals surface area contributed by atoms with Crippen LogP contribution in [-0.2, 0) is 11.3 Å². The van der Waals surface area contributed by atoms with E-state index >= 15 is 0 Å². The maximum Gasteiger partial charge on any atom is 0.201 e. The van der Waals surface area contributed by atoms with Gasteiger partial charge in [-0.05, 0) is 54.9 Å². The summed E-state index contributed by atoms with van der Waals surface area (Å²) in [6.07, 6.45) is 0. The Morgan fingerprint density at radius 2 is 2.16 bits per heavy atom. The van der Waals surface area contributed by atoms with Gasteiger partial charge in [0.2, 0.25) is 5.95 Å². The first-order valence-electron chi connectivity index (χ1n) is 6.21. The van der Waals surface area contributed by atoms with Crippen LogP contribution in [0.15, 0.2) is 18.2 Å². The van der Waals surface area contributed by atoms with Crippen LogP contribution < -0.4 is 5.73 Å². The number of hydrogen-bond donors (Lipinski definition) is 1. The Hall–Kier alpha value is -0.860. The Balaban J connectivity index is 1.98. The summed E-state index contributed by atoms with van der Waals surface area (Å²) in [5.74, 6) is 0.549. The summed E-state index contributed by atoms with van der Waals surface area (Å²) in [6, 6.07) is 6.16. The first-order chi connectivity index (χ1) is 9.08. The number of rotatable bonds is 6. The van der Waals surface area contributed by atoms with Gasteiger partial charge in [-0.25, -0.2) is 4.98 Å². The third kappa shape index (κ3) is 3.80. The summed E-state index contributed by atoms with van der Waals surface area (Å²) in [4.78, 5) is 6.47. The zero-order valence-corrected chi connectivity index (χ0v) is 13.4. The number of hydrogen-bond acceptors (Lipinski definition) is 4. The zero-order chi connectivity index (χ0) is 13.8. The molecule has 0 aliphatic heterocycles. The molecule has 6 heteroatoms. The molecule has 104 valence electrons. The van der Waals surface area contributed by atoms with E-state index in [2.05, 4.69) is 44.6 Å². The number of ether oxygens (including phenoxy) is 1. The lowest BCUT2D eigenvalue weighted by molar-refractivity contribution is 0.112. The predicted molar refractivity (Wildman–Crippen MR) is 86.2 cm³/mol. The normalized spacial score (nSPS) is 11.6. The Kier molecular flexibility index (Phi) is 5.00. The summed E-state index contributed by atoms with van der Waals surface area (Å²) in [7, 11) is 4.07. The molecule has 0 atom stereocenters. The van der Waals surface area contributed by atoms with Gasteiger partial charge in [0.1, 0.15) is 0 Å². The minimum Gasteiger partial charge on any atom is -0.378 e. The summed E-state index contributed by atoms with van der Waals surface area (Å²) < 4.78 is 8.76. The number of nitrogens with zero attached hydrogens (tertiary/aromatic N) is 3. The molecule has 0 radical (unpaired) electrons. The lowest BCUT2D eigenvalue weighted by Crippen LogP contribution is -2.19. The molecule has 0 aliphatic carbocycles. The smallest absolute Gasteiger partial charge is 0.201 e. The average Bonchev–Trinajstić information content (AvgIpc) is 2.64. The minimum absolute atomic E-state index is 0.549. The molecule has 1 heterocycles. The molecule has 1 aromatic heterocycles. The maximum atomic E-state index is 5.95. The van der Waals surface area contributed by atoms with Crippen molar-refractivity contribution >= 4 is 39.6 Å². The Morgan fingerprint density at radius 1 is 1.37 bits per heavy atom. The highest BCUT2D eigenvalue weighted by atomic mass is 127. The van der Waals surface area contributed by atoms with Crippen molar-refractivity contribution in [2.24, 2.45) is 0 Å². The molecule has 2 N–H and O–H groups in total. The average molecular weight is 374 g/mol. The second kappa shape index (κ2) is 6.53. The predicted octanol–water partition coefficient (Wildman–Crippen LogP) is 1.80. The number of anilines is 1. The van der Waals surface area contributed by atoms with Crippen molar-refractivity contribution < 1.29 is 4.74 Å². The van der Waals surface area contributed by atoms with Crippen LogP contribution in [0, 0.1) is 3.57 Å². The van der Waals surface area contributed by atoms with Gasteiger partial charge in [0.05, 0.1) is 24.2 Å². The van der Waals surface area contributed by atoms with Gasteiger partial charge in [-0.15, -0.1) is 0 Å². The third-order valence-corrected chi connectivity index (χ3v) is 3.55. The van der Waals surface area contributed by atoms with Crippen molar-refractivity contribution in [1.29, 1.82) is 0 Å². The van der Waals surface area contributed by atoms with E-state index in [1.54, 1.807) is 0 Å². The molecular weight excluding hydrogens is 355 g/mol. The topological polar surface area (TPSA) is 56.3 Å². The number of halogens is 1. The Bertz CT molecular complexity index is 553. The van der Waals surface area contributed by atoms with E-state index in [-0.39, 0.29) is 0 Å². The van der Waals surface area contributed by atoms with Gasteiger partial charge in [-0.3, -0.25) is 0 Å². The van der Waals surface area contributed by atoms with Crippen LogP contribution in [0.25, 0.3) is 11.0 Å². The van der Waals surface area contributed by atoms with E-state index < -0.39 is 0 Å². The number of nitrogen functional groups attached to an aromatic ring is 1. The van der Waals surface area contributed by atoms with Crippen molar-refractivity contribution in [3.63, 3.8) is 0 Å². The lowest BCUT2D eigenvalue weighted by Gasteiger charge is -2.11. The molecule has 5 nitrogen and oxygen atoms in total. The summed E-state index contributed by atoms with van der Waals surface area (Å²) in [5, 5.41) is 0. The molecular formula is C13H19IN4O. The van der Waals surface area contributed by atoms with E-state index in [9.17, 15) is 0 Å². The molecule has 19 heavy (non-hydrogen) atoms. The number of fused-ring (bicyclic) bond motifs is 1. The number of benzene rings is 1. The molecule has 0 unspecified atom stereocenters. The van der Waals surface area contributed by atoms with Gasteiger partial charge in [0.25, 0.3) is 0 Å². The molecule has 2 aromatic rings. The van der Waals surface area contributed by atoms with Crippen LogP contribution >= 0.6 is 22.6 Å². The molecule has 0 bridgehead atoms. The van der Waals surface area contributed by atoms with E-state index in [4.69, 9.17) is 10.5 Å². The van der Waals surface area contributed by atoms with Crippen molar-refractivity contribution in [3.8, 4) is 0 Å².